The van der Waals surface area contributed by atoms with E-state index in [1.54, 1.807) is 22.6 Å². The summed E-state index contributed by atoms with van der Waals surface area (Å²) in [5.41, 5.74) is 0. The summed E-state index contributed by atoms with van der Waals surface area (Å²) in [6.07, 6.45) is 4.99. The van der Waals surface area contributed by atoms with Crippen LogP contribution in [0.2, 0.25) is 0 Å². The fraction of sp³-hybridized carbons (Fsp3) is 0.455. The molecule has 1 aliphatic heterocycles. The Bertz CT molecular complexity index is 675. The van der Waals surface area contributed by atoms with Gasteiger partial charge in [0, 0.05) is 19.3 Å². The first kappa shape index (κ1) is 14.2. The third-order valence-electron chi connectivity index (χ3n) is 3.38. The third-order valence-corrected chi connectivity index (χ3v) is 7.37. The zero-order chi connectivity index (χ0) is 14.2. The molecule has 0 amide bonds. The lowest BCUT2D eigenvalue weighted by Gasteiger charge is -2.30. The summed E-state index contributed by atoms with van der Waals surface area (Å²) in [6, 6.07) is 3.65. The zero-order valence-corrected chi connectivity index (χ0v) is 13.7. The van der Waals surface area contributed by atoms with E-state index in [1.807, 2.05) is 10.9 Å². The molecule has 0 bridgehead atoms. The van der Waals surface area contributed by atoms with E-state index in [9.17, 15) is 8.42 Å². The smallest absolute Gasteiger partial charge is 0.249 e. The molecule has 0 spiro atoms. The monoisotopic (exact) mass is 376 g/mol. The normalized spacial score (nSPS) is 18.4. The second-order valence-corrected chi connectivity index (χ2v) is 9.20. The molecule has 0 aromatic carbocycles. The molecule has 0 radical (unpaired) electrons. The highest BCUT2D eigenvalue weighted by atomic mass is 79.9. The van der Waals surface area contributed by atoms with E-state index in [2.05, 4.69) is 26.2 Å². The molecule has 2 aromatic rings. The van der Waals surface area contributed by atoms with E-state index >= 15 is 0 Å². The molecule has 0 unspecified atom stereocenters. The van der Waals surface area contributed by atoms with Crippen molar-refractivity contribution >= 4 is 37.3 Å². The molecule has 108 valence electrons. The second-order valence-electron chi connectivity index (χ2n) is 4.58. The van der Waals surface area contributed by atoms with Gasteiger partial charge in [-0.05, 0) is 40.9 Å². The van der Waals surface area contributed by atoms with Crippen molar-refractivity contribution in [3.8, 4) is 0 Å². The molecule has 1 aliphatic rings. The van der Waals surface area contributed by atoms with E-state index in [0.29, 0.717) is 17.3 Å². The van der Waals surface area contributed by atoms with Crippen LogP contribution in [0.1, 0.15) is 18.9 Å². The topological polar surface area (TPSA) is 68.1 Å². The standard InChI is InChI=1S/C11H13BrN4O2S2/c12-10-1-2-11(19-10)20(17,18)15-6-3-9(4-7-15)16-8-5-13-14-16/h1-2,5,8-9H,3-4,6-7H2. The quantitative estimate of drug-likeness (QED) is 0.822. The minimum absolute atomic E-state index is 0.235. The van der Waals surface area contributed by atoms with E-state index in [4.69, 9.17) is 0 Å². The van der Waals surface area contributed by atoms with Crippen molar-refractivity contribution in [1.29, 1.82) is 0 Å². The lowest BCUT2D eigenvalue weighted by atomic mass is 10.1. The number of rotatable bonds is 3. The largest absolute Gasteiger partial charge is 0.252 e. The Kier molecular flexibility index (Phi) is 3.93. The molecule has 0 N–H and O–H groups in total. The SMILES string of the molecule is O=S(=O)(c1ccc(Br)s1)N1CCC(n2ccnn2)CC1. The van der Waals surface area contributed by atoms with Crippen LogP contribution in [0.25, 0.3) is 0 Å². The van der Waals surface area contributed by atoms with Gasteiger partial charge >= 0.3 is 0 Å². The summed E-state index contributed by atoms with van der Waals surface area (Å²) < 4.78 is 29.5. The van der Waals surface area contributed by atoms with Crippen molar-refractivity contribution in [3.63, 3.8) is 0 Å². The first-order valence-electron chi connectivity index (χ1n) is 6.18. The van der Waals surface area contributed by atoms with Crippen molar-refractivity contribution in [2.75, 3.05) is 13.1 Å². The number of sulfonamides is 1. The highest BCUT2D eigenvalue weighted by Gasteiger charge is 2.31. The van der Waals surface area contributed by atoms with Gasteiger partial charge in [-0.25, -0.2) is 13.1 Å². The van der Waals surface area contributed by atoms with Crippen LogP contribution in [0.3, 0.4) is 0 Å². The summed E-state index contributed by atoms with van der Waals surface area (Å²) in [6.45, 7) is 1.03. The molecule has 9 heteroatoms. The van der Waals surface area contributed by atoms with Crippen LogP contribution in [0.4, 0.5) is 0 Å². The molecule has 0 saturated carbocycles. The number of nitrogens with zero attached hydrogens (tertiary/aromatic N) is 4. The fourth-order valence-corrected chi connectivity index (χ4v) is 5.96. The summed E-state index contributed by atoms with van der Waals surface area (Å²) in [7, 11) is -3.36. The van der Waals surface area contributed by atoms with Crippen molar-refractivity contribution in [2.45, 2.75) is 23.1 Å². The van der Waals surface area contributed by atoms with E-state index in [0.717, 1.165) is 16.6 Å². The fourth-order valence-electron chi connectivity index (χ4n) is 2.32. The Morgan fingerprint density at radius 3 is 2.60 bits per heavy atom. The first-order chi connectivity index (χ1) is 9.57. The Labute approximate surface area is 129 Å². The number of hydrogen-bond donors (Lipinski definition) is 0. The van der Waals surface area contributed by atoms with Crippen molar-refractivity contribution in [1.82, 2.24) is 19.3 Å². The van der Waals surface area contributed by atoms with Crippen LogP contribution in [0.15, 0.2) is 32.5 Å². The van der Waals surface area contributed by atoms with E-state index < -0.39 is 10.0 Å². The molecule has 1 saturated heterocycles. The van der Waals surface area contributed by atoms with Crippen molar-refractivity contribution in [2.24, 2.45) is 0 Å². The summed E-state index contributed by atoms with van der Waals surface area (Å²) in [5.74, 6) is 0. The Morgan fingerprint density at radius 2 is 2.05 bits per heavy atom. The molecule has 1 fully saturated rings. The van der Waals surface area contributed by atoms with Gasteiger partial charge in [0.2, 0.25) is 0 Å². The maximum Gasteiger partial charge on any atom is 0.252 e. The van der Waals surface area contributed by atoms with Gasteiger partial charge in [0.05, 0.1) is 16.0 Å². The van der Waals surface area contributed by atoms with Crippen molar-refractivity contribution in [3.05, 3.63) is 28.3 Å². The number of hydrogen-bond acceptors (Lipinski definition) is 5. The lowest BCUT2D eigenvalue weighted by molar-refractivity contribution is 0.259. The zero-order valence-electron chi connectivity index (χ0n) is 10.5. The second kappa shape index (κ2) is 5.55. The van der Waals surface area contributed by atoms with Gasteiger partial charge in [-0.3, -0.25) is 0 Å². The average molecular weight is 377 g/mol. The molecule has 6 nitrogen and oxygen atoms in total. The Morgan fingerprint density at radius 1 is 1.30 bits per heavy atom. The predicted molar refractivity (Wildman–Crippen MR) is 79.1 cm³/mol. The predicted octanol–water partition coefficient (Wildman–Crippen LogP) is 2.13. The first-order valence-corrected chi connectivity index (χ1v) is 9.23. The highest BCUT2D eigenvalue weighted by Crippen LogP contribution is 2.31. The molecular formula is C11H13BrN4O2S2. The van der Waals surface area contributed by atoms with Gasteiger partial charge in [-0.2, -0.15) is 4.31 Å². The molecule has 3 heterocycles. The summed E-state index contributed by atoms with van der Waals surface area (Å²) in [4.78, 5) is 0. The van der Waals surface area contributed by atoms with Crippen LogP contribution in [0, 0.1) is 0 Å². The molecular weight excluding hydrogens is 364 g/mol. The number of aromatic nitrogens is 3. The maximum absolute atomic E-state index is 12.5. The van der Waals surface area contributed by atoms with Gasteiger partial charge in [0.15, 0.2) is 0 Å². The third kappa shape index (κ3) is 2.67. The van der Waals surface area contributed by atoms with Crippen LogP contribution in [-0.2, 0) is 10.0 Å². The molecule has 20 heavy (non-hydrogen) atoms. The van der Waals surface area contributed by atoms with Gasteiger partial charge < -0.3 is 0 Å². The minimum Gasteiger partial charge on any atom is -0.249 e. The number of piperidine rings is 1. The highest BCUT2D eigenvalue weighted by molar-refractivity contribution is 9.11. The van der Waals surface area contributed by atoms with Gasteiger partial charge in [0.1, 0.15) is 4.21 Å². The molecule has 0 aliphatic carbocycles. The van der Waals surface area contributed by atoms with E-state index in [1.165, 1.54) is 11.3 Å². The van der Waals surface area contributed by atoms with Gasteiger partial charge in [-0.1, -0.05) is 5.21 Å². The summed E-state index contributed by atoms with van der Waals surface area (Å²) in [5, 5.41) is 7.78. The van der Waals surface area contributed by atoms with Crippen LogP contribution in [-0.4, -0.2) is 40.8 Å². The Hall–Kier alpha value is -0.770. The van der Waals surface area contributed by atoms with Crippen LogP contribution in [0.5, 0.6) is 0 Å². The van der Waals surface area contributed by atoms with Gasteiger partial charge in [-0.15, -0.1) is 16.4 Å². The minimum atomic E-state index is -3.36. The molecule has 3 rings (SSSR count). The van der Waals surface area contributed by atoms with E-state index in [-0.39, 0.29) is 6.04 Å². The molecule has 0 atom stereocenters. The summed E-state index contributed by atoms with van der Waals surface area (Å²) >= 11 is 4.55. The molecule has 2 aromatic heterocycles. The Balaban J connectivity index is 1.72. The van der Waals surface area contributed by atoms with Gasteiger partial charge in [0.25, 0.3) is 10.0 Å². The number of thiophene rings is 1. The van der Waals surface area contributed by atoms with Crippen LogP contribution < -0.4 is 0 Å². The van der Waals surface area contributed by atoms with Crippen LogP contribution >= 0.6 is 27.3 Å². The maximum atomic E-state index is 12.5. The van der Waals surface area contributed by atoms with Crippen molar-refractivity contribution < 1.29 is 8.42 Å². The number of halogens is 1. The lowest BCUT2D eigenvalue weighted by Crippen LogP contribution is -2.38. The average Bonchev–Trinajstić information content (AvgIpc) is 3.10.